The maximum absolute atomic E-state index is 13.9. The van der Waals surface area contributed by atoms with Gasteiger partial charge in [0.25, 0.3) is 5.91 Å². The SMILES string of the molecule is COc1cc(NC(=O)c2ccccc2F)cc(C)c1NC(=S)NC(C)c1ccc(F)cc1. The molecule has 0 saturated carbocycles. The average Bonchev–Trinajstić information content (AvgIpc) is 2.76. The Balaban J connectivity index is 1.73. The number of ether oxygens (including phenoxy) is 1. The van der Waals surface area contributed by atoms with Crippen molar-refractivity contribution in [2.75, 3.05) is 17.7 Å². The molecule has 1 atom stereocenters. The van der Waals surface area contributed by atoms with Crippen LogP contribution in [0.2, 0.25) is 0 Å². The van der Waals surface area contributed by atoms with Crippen molar-refractivity contribution in [3.05, 3.63) is 89.0 Å². The molecule has 0 fully saturated rings. The third-order valence-corrected chi connectivity index (χ3v) is 5.07. The lowest BCUT2D eigenvalue weighted by Gasteiger charge is -2.20. The Labute approximate surface area is 190 Å². The first-order chi connectivity index (χ1) is 15.3. The van der Waals surface area contributed by atoms with Crippen molar-refractivity contribution in [2.24, 2.45) is 0 Å². The van der Waals surface area contributed by atoms with Crippen molar-refractivity contribution < 1.29 is 18.3 Å². The maximum atomic E-state index is 13.9. The lowest BCUT2D eigenvalue weighted by Crippen LogP contribution is -2.31. The van der Waals surface area contributed by atoms with Gasteiger partial charge in [-0.05, 0) is 67.5 Å². The molecule has 0 bridgehead atoms. The van der Waals surface area contributed by atoms with E-state index >= 15 is 0 Å². The monoisotopic (exact) mass is 455 g/mol. The van der Waals surface area contributed by atoms with E-state index in [1.165, 1.54) is 37.4 Å². The molecule has 0 aliphatic heterocycles. The molecule has 3 aromatic rings. The van der Waals surface area contributed by atoms with Crippen LogP contribution in [-0.2, 0) is 0 Å². The first-order valence-electron chi connectivity index (χ1n) is 9.86. The summed E-state index contributed by atoms with van der Waals surface area (Å²) in [5, 5.41) is 9.30. The lowest BCUT2D eigenvalue weighted by molar-refractivity contribution is 0.102. The van der Waals surface area contributed by atoms with E-state index in [0.717, 1.165) is 11.1 Å². The largest absolute Gasteiger partial charge is 0.494 e. The van der Waals surface area contributed by atoms with Gasteiger partial charge in [-0.1, -0.05) is 24.3 Å². The average molecular weight is 456 g/mol. The molecule has 0 aliphatic carbocycles. The van der Waals surface area contributed by atoms with Crippen LogP contribution in [0.5, 0.6) is 5.75 Å². The summed E-state index contributed by atoms with van der Waals surface area (Å²) >= 11 is 5.42. The van der Waals surface area contributed by atoms with E-state index in [4.69, 9.17) is 17.0 Å². The molecule has 32 heavy (non-hydrogen) atoms. The third-order valence-electron chi connectivity index (χ3n) is 4.85. The van der Waals surface area contributed by atoms with Crippen molar-refractivity contribution >= 4 is 34.6 Å². The number of amides is 1. The quantitative estimate of drug-likeness (QED) is 0.424. The van der Waals surface area contributed by atoms with Gasteiger partial charge in [-0.15, -0.1) is 0 Å². The molecule has 0 radical (unpaired) electrons. The Kier molecular flexibility index (Phi) is 7.37. The number of nitrogens with one attached hydrogen (secondary N) is 3. The fourth-order valence-corrected chi connectivity index (χ4v) is 3.45. The van der Waals surface area contributed by atoms with Gasteiger partial charge in [0.2, 0.25) is 0 Å². The summed E-state index contributed by atoms with van der Waals surface area (Å²) in [7, 11) is 1.50. The van der Waals surface area contributed by atoms with Crippen LogP contribution in [0.1, 0.15) is 34.5 Å². The molecule has 8 heteroatoms. The number of hydrogen-bond donors (Lipinski definition) is 3. The molecule has 0 aliphatic rings. The van der Waals surface area contributed by atoms with Gasteiger partial charge in [0.05, 0.1) is 24.4 Å². The first kappa shape index (κ1) is 23.1. The number of hydrogen-bond acceptors (Lipinski definition) is 3. The molecule has 3 rings (SSSR count). The summed E-state index contributed by atoms with van der Waals surface area (Å²) < 4.78 is 32.5. The predicted molar refractivity (Wildman–Crippen MR) is 126 cm³/mol. The number of rotatable bonds is 6. The van der Waals surface area contributed by atoms with Gasteiger partial charge < -0.3 is 20.7 Å². The second-order valence-corrected chi connectivity index (χ2v) is 7.58. The smallest absolute Gasteiger partial charge is 0.258 e. The van der Waals surface area contributed by atoms with Crippen molar-refractivity contribution in [1.29, 1.82) is 0 Å². The molecule has 0 saturated heterocycles. The van der Waals surface area contributed by atoms with Gasteiger partial charge in [-0.25, -0.2) is 8.78 Å². The van der Waals surface area contributed by atoms with E-state index in [-0.39, 0.29) is 17.4 Å². The molecule has 1 unspecified atom stereocenters. The summed E-state index contributed by atoms with van der Waals surface area (Å²) in [6.07, 6.45) is 0. The van der Waals surface area contributed by atoms with Gasteiger partial charge in [0.1, 0.15) is 17.4 Å². The normalized spacial score (nSPS) is 11.4. The van der Waals surface area contributed by atoms with Crippen LogP contribution in [0.15, 0.2) is 60.7 Å². The van der Waals surface area contributed by atoms with Crippen molar-refractivity contribution in [3.8, 4) is 5.75 Å². The standard InChI is InChI=1S/C24H23F2N3O2S/c1-14-12-18(28-23(30)19-6-4-5-7-20(19)26)13-21(31-3)22(14)29-24(32)27-15(2)16-8-10-17(25)11-9-16/h4-13,15H,1-3H3,(H,28,30)(H2,27,29,32). The third kappa shape index (κ3) is 5.59. The minimum absolute atomic E-state index is 0.0496. The number of carbonyl (C=O) groups is 1. The Morgan fingerprint density at radius 3 is 2.38 bits per heavy atom. The van der Waals surface area contributed by atoms with E-state index in [1.54, 1.807) is 30.3 Å². The molecular formula is C24H23F2N3O2S. The number of thiocarbonyl (C=S) groups is 1. The summed E-state index contributed by atoms with van der Waals surface area (Å²) in [6, 6.07) is 15.1. The van der Waals surface area contributed by atoms with E-state index in [2.05, 4.69) is 16.0 Å². The summed E-state index contributed by atoms with van der Waals surface area (Å²) in [6.45, 7) is 3.74. The lowest BCUT2D eigenvalue weighted by atomic mass is 10.1. The Morgan fingerprint density at radius 1 is 1.03 bits per heavy atom. The molecular weight excluding hydrogens is 432 g/mol. The van der Waals surface area contributed by atoms with Gasteiger partial charge in [0.15, 0.2) is 5.11 Å². The van der Waals surface area contributed by atoms with Gasteiger partial charge in [-0.3, -0.25) is 4.79 Å². The molecule has 0 aromatic heterocycles. The number of methoxy groups -OCH3 is 1. The molecule has 0 spiro atoms. The zero-order chi connectivity index (χ0) is 23.3. The van der Waals surface area contributed by atoms with Crippen molar-refractivity contribution in [1.82, 2.24) is 5.32 Å². The van der Waals surface area contributed by atoms with E-state index in [0.29, 0.717) is 22.2 Å². The van der Waals surface area contributed by atoms with Gasteiger partial charge in [-0.2, -0.15) is 0 Å². The minimum atomic E-state index is -0.598. The highest BCUT2D eigenvalue weighted by molar-refractivity contribution is 7.80. The second kappa shape index (κ2) is 10.2. The molecule has 3 aromatic carbocycles. The van der Waals surface area contributed by atoms with Crippen LogP contribution in [-0.4, -0.2) is 18.1 Å². The highest BCUT2D eigenvalue weighted by Crippen LogP contribution is 2.32. The number of aryl methyl sites for hydroxylation is 1. The van der Waals surface area contributed by atoms with E-state index in [9.17, 15) is 13.6 Å². The van der Waals surface area contributed by atoms with Crippen molar-refractivity contribution in [2.45, 2.75) is 19.9 Å². The second-order valence-electron chi connectivity index (χ2n) is 7.18. The number of anilines is 2. The van der Waals surface area contributed by atoms with Crippen LogP contribution in [0.4, 0.5) is 20.2 Å². The molecule has 1 amide bonds. The molecule has 3 N–H and O–H groups in total. The summed E-state index contributed by atoms with van der Waals surface area (Å²) in [5.74, 6) is -1.01. The van der Waals surface area contributed by atoms with E-state index < -0.39 is 11.7 Å². The zero-order valence-electron chi connectivity index (χ0n) is 17.8. The van der Waals surface area contributed by atoms with Crippen molar-refractivity contribution in [3.63, 3.8) is 0 Å². The number of benzene rings is 3. The van der Waals surface area contributed by atoms with Gasteiger partial charge in [0, 0.05) is 11.8 Å². The first-order valence-corrected chi connectivity index (χ1v) is 10.3. The Morgan fingerprint density at radius 2 is 1.72 bits per heavy atom. The highest BCUT2D eigenvalue weighted by atomic mass is 32.1. The molecule has 0 heterocycles. The molecule has 166 valence electrons. The van der Waals surface area contributed by atoms with Crippen LogP contribution < -0.4 is 20.7 Å². The fourth-order valence-electron chi connectivity index (χ4n) is 3.17. The minimum Gasteiger partial charge on any atom is -0.494 e. The van der Waals surface area contributed by atoms with Crippen LogP contribution >= 0.6 is 12.2 Å². The molecule has 5 nitrogen and oxygen atoms in total. The Bertz CT molecular complexity index is 1140. The van der Waals surface area contributed by atoms with Gasteiger partial charge >= 0.3 is 0 Å². The summed E-state index contributed by atoms with van der Waals surface area (Å²) in [4.78, 5) is 12.4. The summed E-state index contributed by atoms with van der Waals surface area (Å²) in [5.41, 5.74) is 2.67. The number of carbonyl (C=O) groups excluding carboxylic acids is 1. The zero-order valence-corrected chi connectivity index (χ0v) is 18.6. The van der Waals surface area contributed by atoms with Crippen LogP contribution in [0.3, 0.4) is 0 Å². The predicted octanol–water partition coefficient (Wildman–Crippen LogP) is 5.58. The van der Waals surface area contributed by atoms with Crippen LogP contribution in [0.25, 0.3) is 0 Å². The topological polar surface area (TPSA) is 62.4 Å². The van der Waals surface area contributed by atoms with E-state index in [1.807, 2.05) is 13.8 Å². The maximum Gasteiger partial charge on any atom is 0.258 e. The number of halogens is 2. The van der Waals surface area contributed by atoms with Crippen LogP contribution in [0, 0.1) is 18.6 Å². The highest BCUT2D eigenvalue weighted by Gasteiger charge is 2.16. The Hall–Kier alpha value is -3.52. The fraction of sp³-hybridized carbons (Fsp3) is 0.167.